The normalized spacial score (nSPS) is 12.4. The molecule has 80 heavy (non-hydrogen) atoms. The van der Waals surface area contributed by atoms with Gasteiger partial charge < -0.3 is 33.6 Å². The van der Waals surface area contributed by atoms with Crippen molar-refractivity contribution in [1.82, 2.24) is 29.9 Å². The molecule has 16 N–H and O–H groups in total. The summed E-state index contributed by atoms with van der Waals surface area (Å²) in [5.74, 6) is -4.18. The van der Waals surface area contributed by atoms with Crippen molar-refractivity contribution in [3.63, 3.8) is 0 Å². The van der Waals surface area contributed by atoms with Gasteiger partial charge in [0.25, 0.3) is 60.3 Å². The first kappa shape index (κ1) is 56.9. The Kier molecular flexibility index (Phi) is 15.5. The van der Waals surface area contributed by atoms with Gasteiger partial charge in [-0.15, -0.1) is 0 Å². The topological polar surface area (TPSA) is 499 Å². The SMILES string of the molecule is Nc1cccc(S(=O)(=O)Nc2nc(Nc3ccc(C=Cc4ccc(Nc5nc(NS(=O)(=O)c6cccc(N)c6)nc(NS(=O)(=O)c6cccc(N)c6)n5)cc4S(=O)(=O)O)c(S(=O)(=O)O)c3)nc(NS(=O)(=O)c3cccc(N)c3)n2)c1. The van der Waals surface area contributed by atoms with Crippen LogP contribution in [-0.2, 0) is 60.3 Å². The molecule has 0 aliphatic heterocycles. The molecule has 0 atom stereocenters. The van der Waals surface area contributed by atoms with Crippen molar-refractivity contribution in [3.8, 4) is 0 Å². The highest BCUT2D eigenvalue weighted by Crippen LogP contribution is 2.30. The Balaban J connectivity index is 1.11. The van der Waals surface area contributed by atoms with Crippen LogP contribution in [0.5, 0.6) is 0 Å². The molecule has 2 aromatic heterocycles. The highest BCUT2D eigenvalue weighted by atomic mass is 32.2. The van der Waals surface area contributed by atoms with Gasteiger partial charge in [0.1, 0.15) is 9.79 Å². The fraction of sp³-hybridized carbons (Fsp3) is 0. The smallest absolute Gasteiger partial charge is 0.295 e. The summed E-state index contributed by atoms with van der Waals surface area (Å²) in [5, 5.41) is 5.18. The average Bonchev–Trinajstić information content (AvgIpc) is 3.37. The van der Waals surface area contributed by atoms with E-state index in [1.54, 1.807) is 0 Å². The number of sulfonamides is 4. The Bertz CT molecular complexity index is 4050. The minimum atomic E-state index is -5.17. The van der Waals surface area contributed by atoms with E-state index in [2.05, 4.69) is 59.4 Å². The second-order valence-corrected chi connectivity index (χ2v) is 25.9. The zero-order valence-electron chi connectivity index (χ0n) is 40.1. The van der Waals surface area contributed by atoms with Crippen molar-refractivity contribution in [2.24, 2.45) is 0 Å². The molecule has 30 nitrogen and oxygen atoms in total. The summed E-state index contributed by atoms with van der Waals surface area (Å²) >= 11 is 0. The van der Waals surface area contributed by atoms with Crippen molar-refractivity contribution >= 4 is 142 Å². The lowest BCUT2D eigenvalue weighted by Gasteiger charge is -2.14. The van der Waals surface area contributed by atoms with E-state index in [1.165, 1.54) is 84.9 Å². The molecule has 6 aromatic carbocycles. The van der Waals surface area contributed by atoms with Gasteiger partial charge in [-0.3, -0.25) is 9.11 Å². The molecule has 8 aromatic rings. The van der Waals surface area contributed by atoms with E-state index in [-0.39, 0.29) is 64.8 Å². The predicted octanol–water partition coefficient (Wildman–Crippen LogP) is 3.74. The monoisotopic (exact) mass is 1210 g/mol. The van der Waals surface area contributed by atoms with E-state index in [1.807, 2.05) is 0 Å². The van der Waals surface area contributed by atoms with Crippen LogP contribution in [0, 0.1) is 0 Å². The fourth-order valence-corrected chi connectivity index (χ4v) is 12.3. The zero-order chi connectivity index (χ0) is 58.0. The van der Waals surface area contributed by atoms with E-state index in [0.717, 1.165) is 60.7 Å². The van der Waals surface area contributed by atoms with Gasteiger partial charge in [0.15, 0.2) is 0 Å². The Hall–Kier alpha value is -9.30. The van der Waals surface area contributed by atoms with Crippen LogP contribution in [0.25, 0.3) is 12.2 Å². The quantitative estimate of drug-likeness (QED) is 0.0294. The Morgan fingerprint density at radius 2 is 0.588 bits per heavy atom. The number of benzene rings is 6. The van der Waals surface area contributed by atoms with Gasteiger partial charge in [-0.25, -0.2) is 52.6 Å². The second kappa shape index (κ2) is 21.9. The van der Waals surface area contributed by atoms with Gasteiger partial charge >= 0.3 is 0 Å². The second-order valence-electron chi connectivity index (χ2n) is 16.4. The lowest BCUT2D eigenvalue weighted by atomic mass is 10.1. The van der Waals surface area contributed by atoms with Crippen molar-refractivity contribution in [1.29, 1.82) is 0 Å². The van der Waals surface area contributed by atoms with Crippen LogP contribution in [0.4, 0.5) is 69.8 Å². The molecule has 0 saturated heterocycles. The third-order valence-electron chi connectivity index (χ3n) is 10.4. The summed E-state index contributed by atoms with van der Waals surface area (Å²) in [7, 11) is -28.4. The van der Waals surface area contributed by atoms with Gasteiger partial charge in [-0.05, 0) is 108 Å². The molecule has 0 amide bonds. The van der Waals surface area contributed by atoms with Crippen LogP contribution < -0.4 is 52.5 Å². The number of nitrogens with two attached hydrogens (primary N) is 4. The maximum absolute atomic E-state index is 13.4. The molecule has 0 spiro atoms. The van der Waals surface area contributed by atoms with Crippen LogP contribution in [-0.4, -0.2) is 89.5 Å². The van der Waals surface area contributed by atoms with Crippen molar-refractivity contribution < 1.29 is 59.6 Å². The van der Waals surface area contributed by atoms with Crippen LogP contribution in [0.15, 0.2) is 163 Å². The maximum atomic E-state index is 13.4. The van der Waals surface area contributed by atoms with Gasteiger partial charge in [0.05, 0.1) is 19.6 Å². The molecular weight excluding hydrogens is 1170 g/mol. The molecule has 2 heterocycles. The number of aromatic nitrogens is 6. The standard InChI is InChI=1S/C44H40N16O14S6/c45-27-5-1-9-33(19-27)75(61,62)57-41-51-39(52-42(55-41)58-76(63,64)34-10-2-6-28(46)20-34)49-31-17-15-25(37(23-31)79(69,70)71)13-14-26-16-18-32(24-38(26)80(72,73)74)50-40-53-43(59-77(65,66)35-11-3-7-29(47)21-35)56-44(54-40)60-78(67,68)36-12-4-8-30(48)22-36/h1-24H,45-48H2,(H,69,70,71)(H,72,73,74)(H3,49,51,52,55,57,58)(H3,50,53,54,56,59,60). The fourth-order valence-electron chi connectivity index (χ4n) is 6.87. The van der Waals surface area contributed by atoms with Gasteiger partial charge in [0.2, 0.25) is 35.7 Å². The van der Waals surface area contributed by atoms with E-state index >= 15 is 0 Å². The number of nitrogen functional groups attached to an aromatic ring is 4. The molecule has 0 unspecified atom stereocenters. The number of rotatable bonds is 20. The van der Waals surface area contributed by atoms with E-state index < -0.39 is 106 Å². The molecule has 416 valence electrons. The third-order valence-corrected chi connectivity index (χ3v) is 17.5. The number of anilines is 12. The third kappa shape index (κ3) is 14.1. The van der Waals surface area contributed by atoms with Crippen molar-refractivity contribution in [2.45, 2.75) is 29.4 Å². The highest BCUT2D eigenvalue weighted by molar-refractivity contribution is 7.93. The summed E-state index contributed by atoms with van der Waals surface area (Å²) < 4.78 is 187. The highest BCUT2D eigenvalue weighted by Gasteiger charge is 2.25. The Labute approximate surface area is 455 Å². The first-order valence-corrected chi connectivity index (χ1v) is 30.7. The van der Waals surface area contributed by atoms with Crippen LogP contribution in [0.2, 0.25) is 0 Å². The summed E-state index contributed by atoms with van der Waals surface area (Å²) in [6.45, 7) is 0. The number of nitrogens with zero attached hydrogens (tertiary/aromatic N) is 6. The number of hydrogen-bond acceptors (Lipinski definition) is 24. The van der Waals surface area contributed by atoms with Crippen molar-refractivity contribution in [2.75, 3.05) is 52.5 Å². The molecule has 0 fully saturated rings. The molecular formula is C44H40N16O14S6. The Morgan fingerprint density at radius 3 is 0.825 bits per heavy atom. The summed E-state index contributed by atoms with van der Waals surface area (Å²) in [5.41, 5.74) is 22.3. The summed E-state index contributed by atoms with van der Waals surface area (Å²) in [6, 6.07) is 26.6. The number of nitrogens with one attached hydrogen (secondary N) is 6. The van der Waals surface area contributed by atoms with Crippen LogP contribution in [0.1, 0.15) is 11.1 Å². The van der Waals surface area contributed by atoms with Crippen molar-refractivity contribution in [3.05, 3.63) is 145 Å². The summed E-state index contributed by atoms with van der Waals surface area (Å²) in [4.78, 5) is 20.8. The molecule has 0 aliphatic rings. The predicted molar refractivity (Wildman–Crippen MR) is 294 cm³/mol. The zero-order valence-corrected chi connectivity index (χ0v) is 45.0. The minimum Gasteiger partial charge on any atom is -0.399 e. The van der Waals surface area contributed by atoms with E-state index in [9.17, 15) is 59.6 Å². The number of hydrogen-bond donors (Lipinski definition) is 12. The van der Waals surface area contributed by atoms with Gasteiger partial charge in [-0.1, -0.05) is 48.6 Å². The first-order chi connectivity index (χ1) is 37.4. The van der Waals surface area contributed by atoms with Gasteiger partial charge in [0, 0.05) is 34.1 Å². The van der Waals surface area contributed by atoms with Crippen LogP contribution >= 0.6 is 0 Å². The van der Waals surface area contributed by atoms with Crippen LogP contribution in [0.3, 0.4) is 0 Å². The van der Waals surface area contributed by atoms with E-state index in [0.29, 0.717) is 0 Å². The molecule has 0 radical (unpaired) electrons. The maximum Gasteiger partial charge on any atom is 0.295 e. The molecule has 0 aliphatic carbocycles. The van der Waals surface area contributed by atoms with E-state index in [4.69, 9.17) is 22.9 Å². The molecule has 0 bridgehead atoms. The molecule has 8 rings (SSSR count). The molecule has 0 saturated carbocycles. The summed E-state index contributed by atoms with van der Waals surface area (Å²) in [6.07, 6.45) is 2.06. The lowest BCUT2D eigenvalue weighted by molar-refractivity contribution is 0.480. The lowest BCUT2D eigenvalue weighted by Crippen LogP contribution is -2.20. The van der Waals surface area contributed by atoms with Gasteiger partial charge in [-0.2, -0.15) is 46.7 Å². The molecule has 36 heteroatoms. The first-order valence-electron chi connectivity index (χ1n) is 21.9. The Morgan fingerprint density at radius 1 is 0.338 bits per heavy atom. The minimum absolute atomic E-state index is 0.0768. The largest absolute Gasteiger partial charge is 0.399 e. The average molecular weight is 1210 g/mol.